The van der Waals surface area contributed by atoms with Crippen LogP contribution in [-0.4, -0.2) is 10.2 Å². The van der Waals surface area contributed by atoms with Crippen LogP contribution in [0.4, 0.5) is 0 Å². The van der Waals surface area contributed by atoms with E-state index in [2.05, 4.69) is 44.8 Å². The molecule has 0 amide bonds. The molecule has 1 rings (SSSR count). The molecule has 1 heterocycles. The molecular formula is C13H24N2. The third-order valence-corrected chi connectivity index (χ3v) is 2.43. The summed E-state index contributed by atoms with van der Waals surface area (Å²) >= 11 is 0. The summed E-state index contributed by atoms with van der Waals surface area (Å²) in [4.78, 5) is 0. The Bertz CT molecular complexity index is 392. The minimum atomic E-state index is 0.579. The molecule has 2 nitrogen and oxygen atoms in total. The number of aromatic nitrogens is 2. The lowest BCUT2D eigenvalue weighted by atomic mass is 10.0. The van der Waals surface area contributed by atoms with Crippen LogP contribution in [0.2, 0.25) is 0 Å². The van der Waals surface area contributed by atoms with Crippen LogP contribution >= 0.6 is 0 Å². The fraction of sp³-hybridized carbons (Fsp3) is 0.615. The predicted octanol–water partition coefficient (Wildman–Crippen LogP) is 2.45. The van der Waals surface area contributed by atoms with Gasteiger partial charge in [0.15, 0.2) is 0 Å². The molecule has 0 spiro atoms. The highest BCUT2D eigenvalue weighted by Gasteiger charge is 2.00. The predicted molar refractivity (Wildman–Crippen MR) is 67.9 cm³/mol. The minimum Gasteiger partial charge on any atom is -0.278 e. The Kier molecular flexibility index (Phi) is 5.99. The first kappa shape index (κ1) is 13.9. The maximum absolute atomic E-state index is 4.08. The van der Waals surface area contributed by atoms with Gasteiger partial charge in [-0.2, -0.15) is 5.10 Å². The molecule has 0 aliphatic heterocycles. The summed E-state index contributed by atoms with van der Waals surface area (Å²) in [6.07, 6.45) is 1.91. The zero-order chi connectivity index (χ0) is 12.0. The van der Waals surface area contributed by atoms with E-state index in [1.165, 1.54) is 21.7 Å². The highest BCUT2D eigenvalue weighted by Crippen LogP contribution is 2.05. The first-order valence-electron chi connectivity index (χ1n) is 5.71. The van der Waals surface area contributed by atoms with Crippen molar-refractivity contribution >= 4 is 11.1 Å². The second-order valence-corrected chi connectivity index (χ2v) is 4.00. The Morgan fingerprint density at radius 2 is 1.73 bits per heavy atom. The second-order valence-electron chi connectivity index (χ2n) is 4.00. The van der Waals surface area contributed by atoms with Gasteiger partial charge < -0.3 is 0 Å². The smallest absolute Gasteiger partial charge is 0.0636 e. The van der Waals surface area contributed by atoms with Crippen LogP contribution in [0.1, 0.15) is 48.5 Å². The standard InChI is InChI=1S/C11H18N2.C2H6/c1-7(2)9(5)10-6-12-13-11(10)8(3)4;1-2/h6-7,13H,1-5H3;1-2H3/b10-9+;. The van der Waals surface area contributed by atoms with Crippen molar-refractivity contribution in [2.24, 2.45) is 5.92 Å². The molecule has 0 saturated heterocycles. The van der Waals surface area contributed by atoms with E-state index in [0.717, 1.165) is 0 Å². The Hall–Kier alpha value is -1.05. The van der Waals surface area contributed by atoms with Gasteiger partial charge in [-0.3, -0.25) is 5.10 Å². The molecule has 0 radical (unpaired) electrons. The van der Waals surface area contributed by atoms with Crippen LogP contribution < -0.4 is 10.6 Å². The van der Waals surface area contributed by atoms with Gasteiger partial charge in [-0.1, -0.05) is 38.8 Å². The van der Waals surface area contributed by atoms with Crippen molar-refractivity contribution in [2.45, 2.75) is 48.5 Å². The number of nitrogens with one attached hydrogen (secondary N) is 1. The summed E-state index contributed by atoms with van der Waals surface area (Å²) in [6.45, 7) is 14.8. The summed E-state index contributed by atoms with van der Waals surface area (Å²) in [5, 5.41) is 9.54. The topological polar surface area (TPSA) is 28.7 Å². The number of hydrogen-bond acceptors (Lipinski definition) is 1. The molecule has 1 N–H and O–H groups in total. The van der Waals surface area contributed by atoms with Gasteiger partial charge in [0.2, 0.25) is 0 Å². The molecule has 0 unspecified atom stereocenters. The molecule has 0 aromatic carbocycles. The lowest BCUT2D eigenvalue weighted by Gasteiger charge is -2.02. The summed E-state index contributed by atoms with van der Waals surface area (Å²) < 4.78 is 0. The lowest BCUT2D eigenvalue weighted by Crippen LogP contribution is -2.27. The largest absolute Gasteiger partial charge is 0.278 e. The van der Waals surface area contributed by atoms with E-state index < -0.39 is 0 Å². The Labute approximate surface area is 93.1 Å². The summed E-state index contributed by atoms with van der Waals surface area (Å²) in [6, 6.07) is 0. The Morgan fingerprint density at radius 1 is 1.20 bits per heavy atom. The minimum absolute atomic E-state index is 0.579. The van der Waals surface area contributed by atoms with Crippen LogP contribution in [0.25, 0.3) is 11.1 Å². The average molecular weight is 208 g/mol. The van der Waals surface area contributed by atoms with Gasteiger partial charge >= 0.3 is 0 Å². The normalized spacial score (nSPS) is 12.0. The molecule has 2 heteroatoms. The van der Waals surface area contributed by atoms with Gasteiger partial charge in [0.05, 0.1) is 11.5 Å². The van der Waals surface area contributed by atoms with Crippen molar-refractivity contribution in [3.63, 3.8) is 0 Å². The van der Waals surface area contributed by atoms with Crippen molar-refractivity contribution in [3.8, 4) is 0 Å². The highest BCUT2D eigenvalue weighted by atomic mass is 15.1. The SMILES string of the molecule is CC.CC(C)=c1[nH]nc/c1=C(/C)C(C)C. The van der Waals surface area contributed by atoms with E-state index in [-0.39, 0.29) is 0 Å². The first-order chi connectivity index (χ1) is 7.04. The van der Waals surface area contributed by atoms with Gasteiger partial charge in [0.1, 0.15) is 0 Å². The van der Waals surface area contributed by atoms with E-state index >= 15 is 0 Å². The maximum atomic E-state index is 4.08. The molecule has 1 aromatic heterocycles. The number of hydrogen-bond donors (Lipinski definition) is 1. The maximum Gasteiger partial charge on any atom is 0.0636 e. The average Bonchev–Trinajstić information content (AvgIpc) is 2.68. The monoisotopic (exact) mass is 208 g/mol. The van der Waals surface area contributed by atoms with E-state index in [9.17, 15) is 0 Å². The van der Waals surface area contributed by atoms with Crippen LogP contribution in [0, 0.1) is 5.92 Å². The van der Waals surface area contributed by atoms with Gasteiger partial charge in [-0.05, 0) is 26.7 Å². The summed E-state index contributed by atoms with van der Waals surface area (Å²) in [5.41, 5.74) is 2.68. The number of aromatic amines is 1. The van der Waals surface area contributed by atoms with Crippen LogP contribution in [-0.2, 0) is 0 Å². The lowest BCUT2D eigenvalue weighted by molar-refractivity contribution is 0.840. The van der Waals surface area contributed by atoms with Crippen molar-refractivity contribution < 1.29 is 0 Å². The fourth-order valence-electron chi connectivity index (χ4n) is 1.28. The molecule has 0 saturated carbocycles. The molecule has 0 bridgehead atoms. The molecule has 1 aromatic rings. The zero-order valence-corrected chi connectivity index (χ0v) is 11.1. The van der Waals surface area contributed by atoms with E-state index in [0.29, 0.717) is 5.92 Å². The van der Waals surface area contributed by atoms with Gasteiger partial charge in [-0.15, -0.1) is 0 Å². The summed E-state index contributed by atoms with van der Waals surface area (Å²) in [5.74, 6) is 0.579. The molecule has 0 aliphatic carbocycles. The Balaban J connectivity index is 0.000000921. The molecule has 15 heavy (non-hydrogen) atoms. The molecule has 0 aliphatic rings. The van der Waals surface area contributed by atoms with Crippen LogP contribution in [0.3, 0.4) is 0 Å². The van der Waals surface area contributed by atoms with Crippen molar-refractivity contribution in [1.82, 2.24) is 10.2 Å². The number of H-pyrrole nitrogens is 1. The van der Waals surface area contributed by atoms with Gasteiger partial charge in [0.25, 0.3) is 0 Å². The fourth-order valence-corrected chi connectivity index (χ4v) is 1.28. The highest BCUT2D eigenvalue weighted by molar-refractivity contribution is 5.46. The van der Waals surface area contributed by atoms with Crippen molar-refractivity contribution in [3.05, 3.63) is 16.8 Å². The van der Waals surface area contributed by atoms with Crippen LogP contribution in [0.5, 0.6) is 0 Å². The molecule has 0 atom stereocenters. The van der Waals surface area contributed by atoms with E-state index in [4.69, 9.17) is 0 Å². The van der Waals surface area contributed by atoms with E-state index in [1.807, 2.05) is 20.0 Å². The third-order valence-electron chi connectivity index (χ3n) is 2.43. The van der Waals surface area contributed by atoms with Crippen molar-refractivity contribution in [1.29, 1.82) is 0 Å². The first-order valence-corrected chi connectivity index (χ1v) is 5.71. The molecular weight excluding hydrogens is 184 g/mol. The quantitative estimate of drug-likeness (QED) is 0.754. The zero-order valence-electron chi connectivity index (χ0n) is 11.1. The molecule has 86 valence electrons. The third kappa shape index (κ3) is 3.54. The summed E-state index contributed by atoms with van der Waals surface area (Å²) in [7, 11) is 0. The Morgan fingerprint density at radius 3 is 2.13 bits per heavy atom. The second kappa shape index (κ2) is 6.44. The van der Waals surface area contributed by atoms with Crippen LogP contribution in [0.15, 0.2) is 6.20 Å². The van der Waals surface area contributed by atoms with E-state index in [1.54, 1.807) is 0 Å². The van der Waals surface area contributed by atoms with Gasteiger partial charge in [-0.25, -0.2) is 0 Å². The number of rotatable bonds is 1. The number of nitrogens with zero attached hydrogens (tertiary/aromatic N) is 1. The molecule has 0 fully saturated rings. The van der Waals surface area contributed by atoms with Gasteiger partial charge in [0, 0.05) is 5.22 Å². The van der Waals surface area contributed by atoms with Crippen molar-refractivity contribution in [2.75, 3.05) is 0 Å².